The number of amides is 1. The molecule has 0 saturated heterocycles. The minimum atomic E-state index is -0.267. The molecule has 6 heteroatoms. The van der Waals surface area contributed by atoms with E-state index in [1.54, 1.807) is 0 Å². The van der Waals surface area contributed by atoms with Gasteiger partial charge in [-0.25, -0.2) is 4.99 Å². The number of carbonyl (C=O) groups excluding carboxylic acids is 1. The largest absolute Gasteiger partial charge is 0.271 e. The standard InChI is InChI=1S/C10H9N3OS2/c1-5-6(2)16-9-7(5)8(14)12-10(13-9)15-4-3-11/h7H,4H2,1-2H3. The Bertz CT molecular complexity index is 485. The zero-order valence-corrected chi connectivity index (χ0v) is 10.5. The summed E-state index contributed by atoms with van der Waals surface area (Å²) in [4.78, 5) is 21.1. The van der Waals surface area contributed by atoms with Gasteiger partial charge < -0.3 is 0 Å². The molecular formula is C10H9N3OS2. The van der Waals surface area contributed by atoms with Crippen LogP contribution in [-0.4, -0.2) is 21.9 Å². The van der Waals surface area contributed by atoms with E-state index >= 15 is 0 Å². The number of nitrogens with zero attached hydrogens (tertiary/aromatic N) is 3. The zero-order chi connectivity index (χ0) is 11.7. The van der Waals surface area contributed by atoms with Crippen molar-refractivity contribution in [1.82, 2.24) is 0 Å². The smallest absolute Gasteiger partial charge is 0.262 e. The molecule has 2 heterocycles. The molecule has 0 fully saturated rings. The average Bonchev–Trinajstić information content (AvgIpc) is 2.52. The molecule has 4 nitrogen and oxygen atoms in total. The van der Waals surface area contributed by atoms with E-state index in [1.807, 2.05) is 19.9 Å². The molecule has 16 heavy (non-hydrogen) atoms. The fourth-order valence-corrected chi connectivity index (χ4v) is 3.19. The maximum Gasteiger partial charge on any atom is 0.262 e. The third-order valence-electron chi connectivity index (χ3n) is 2.42. The van der Waals surface area contributed by atoms with Gasteiger partial charge in [0.15, 0.2) is 5.17 Å². The first-order valence-corrected chi connectivity index (χ1v) is 6.49. The van der Waals surface area contributed by atoms with Crippen molar-refractivity contribution in [3.05, 3.63) is 10.5 Å². The highest BCUT2D eigenvalue weighted by Crippen LogP contribution is 2.40. The van der Waals surface area contributed by atoms with Crippen LogP contribution in [0.15, 0.2) is 20.5 Å². The topological polar surface area (TPSA) is 65.6 Å². The summed E-state index contributed by atoms with van der Waals surface area (Å²) in [5.74, 6) is -0.160. The van der Waals surface area contributed by atoms with Crippen molar-refractivity contribution in [3.63, 3.8) is 0 Å². The second kappa shape index (κ2) is 4.44. The second-order valence-electron chi connectivity index (χ2n) is 3.40. The normalized spacial score (nSPS) is 23.8. The zero-order valence-electron chi connectivity index (χ0n) is 8.85. The molecular weight excluding hydrogens is 242 g/mol. The molecule has 0 aromatic rings. The molecule has 0 aromatic carbocycles. The summed E-state index contributed by atoms with van der Waals surface area (Å²) in [6.07, 6.45) is 0. The van der Waals surface area contributed by atoms with Gasteiger partial charge in [-0.05, 0) is 24.3 Å². The van der Waals surface area contributed by atoms with Crippen LogP contribution in [0.3, 0.4) is 0 Å². The van der Waals surface area contributed by atoms with Crippen molar-refractivity contribution in [1.29, 1.82) is 5.26 Å². The highest BCUT2D eigenvalue weighted by atomic mass is 32.2. The number of thioether (sulfide) groups is 2. The lowest BCUT2D eigenvalue weighted by Crippen LogP contribution is -2.23. The Morgan fingerprint density at radius 2 is 2.25 bits per heavy atom. The lowest BCUT2D eigenvalue weighted by atomic mass is 10.0. The summed E-state index contributed by atoms with van der Waals surface area (Å²) in [6.45, 7) is 3.92. The molecule has 0 aliphatic carbocycles. The quantitative estimate of drug-likeness (QED) is 0.716. The molecule has 0 N–H and O–H groups in total. The number of aliphatic imine (C=N–C) groups is 2. The Morgan fingerprint density at radius 1 is 1.50 bits per heavy atom. The Kier molecular flexibility index (Phi) is 3.17. The first kappa shape index (κ1) is 11.4. The van der Waals surface area contributed by atoms with Crippen molar-refractivity contribution in [2.75, 3.05) is 5.75 Å². The Hall–Kier alpha value is -1.06. The van der Waals surface area contributed by atoms with Gasteiger partial charge in [0.05, 0.1) is 16.9 Å². The van der Waals surface area contributed by atoms with Crippen LogP contribution in [0.2, 0.25) is 0 Å². The molecule has 82 valence electrons. The summed E-state index contributed by atoms with van der Waals surface area (Å²) in [7, 11) is 0. The number of carbonyl (C=O) groups is 1. The summed E-state index contributed by atoms with van der Waals surface area (Å²) in [5.41, 5.74) is 1.04. The van der Waals surface area contributed by atoms with Gasteiger partial charge in [-0.15, -0.1) is 0 Å². The number of rotatable bonds is 1. The van der Waals surface area contributed by atoms with Gasteiger partial charge in [-0.3, -0.25) is 4.79 Å². The molecule has 0 saturated carbocycles. The monoisotopic (exact) mass is 251 g/mol. The molecule has 0 bridgehead atoms. The third-order valence-corrected chi connectivity index (χ3v) is 4.30. The van der Waals surface area contributed by atoms with E-state index in [9.17, 15) is 4.79 Å². The lowest BCUT2D eigenvalue weighted by Gasteiger charge is -2.13. The molecule has 2 aliphatic rings. The maximum absolute atomic E-state index is 11.8. The van der Waals surface area contributed by atoms with Crippen LogP contribution in [0.1, 0.15) is 13.8 Å². The van der Waals surface area contributed by atoms with E-state index < -0.39 is 0 Å². The van der Waals surface area contributed by atoms with Crippen LogP contribution in [0.25, 0.3) is 0 Å². The van der Waals surface area contributed by atoms with Gasteiger partial charge in [0.2, 0.25) is 0 Å². The van der Waals surface area contributed by atoms with Gasteiger partial charge >= 0.3 is 0 Å². The number of hydrogen-bond donors (Lipinski definition) is 0. The molecule has 2 aliphatic heterocycles. The predicted octanol–water partition coefficient (Wildman–Crippen LogP) is 2.19. The van der Waals surface area contributed by atoms with Crippen molar-refractivity contribution in [2.24, 2.45) is 15.9 Å². The first-order valence-electron chi connectivity index (χ1n) is 4.69. The van der Waals surface area contributed by atoms with E-state index in [2.05, 4.69) is 9.98 Å². The third kappa shape index (κ3) is 1.93. The van der Waals surface area contributed by atoms with Crippen LogP contribution in [0.4, 0.5) is 0 Å². The molecule has 1 amide bonds. The van der Waals surface area contributed by atoms with Gasteiger partial charge in [-0.1, -0.05) is 23.5 Å². The van der Waals surface area contributed by atoms with Crippen molar-refractivity contribution in [2.45, 2.75) is 13.8 Å². The predicted molar refractivity (Wildman–Crippen MR) is 67.4 cm³/mol. The molecule has 2 rings (SSSR count). The Labute approximate surface area is 102 Å². The summed E-state index contributed by atoms with van der Waals surface area (Å²) < 4.78 is 0. The molecule has 1 unspecified atom stereocenters. The van der Waals surface area contributed by atoms with E-state index in [4.69, 9.17) is 5.26 Å². The van der Waals surface area contributed by atoms with E-state index in [0.29, 0.717) is 5.17 Å². The van der Waals surface area contributed by atoms with Crippen LogP contribution in [0.5, 0.6) is 0 Å². The van der Waals surface area contributed by atoms with Crippen molar-refractivity contribution >= 4 is 39.6 Å². The number of fused-ring (bicyclic) bond motifs is 1. The van der Waals surface area contributed by atoms with Crippen LogP contribution < -0.4 is 0 Å². The average molecular weight is 251 g/mol. The van der Waals surface area contributed by atoms with Crippen molar-refractivity contribution < 1.29 is 4.79 Å². The van der Waals surface area contributed by atoms with E-state index in [0.717, 1.165) is 15.5 Å². The van der Waals surface area contributed by atoms with Gasteiger partial charge in [-0.2, -0.15) is 10.3 Å². The Morgan fingerprint density at radius 3 is 2.94 bits per heavy atom. The van der Waals surface area contributed by atoms with Crippen LogP contribution in [0, 0.1) is 17.2 Å². The lowest BCUT2D eigenvalue weighted by molar-refractivity contribution is -0.118. The number of hydrogen-bond acceptors (Lipinski definition) is 5. The Balaban J connectivity index is 2.24. The maximum atomic E-state index is 11.8. The summed E-state index contributed by atoms with van der Waals surface area (Å²) >= 11 is 2.73. The van der Waals surface area contributed by atoms with Crippen LogP contribution in [-0.2, 0) is 4.79 Å². The van der Waals surface area contributed by atoms with Gasteiger partial charge in [0, 0.05) is 0 Å². The minimum absolute atomic E-state index is 0.160. The SMILES string of the molecule is CC1=C(C)C2C(=O)N=C(SCC#N)N=C2S1. The second-order valence-corrected chi connectivity index (χ2v) is 5.58. The molecule has 0 aromatic heterocycles. The molecule has 0 spiro atoms. The van der Waals surface area contributed by atoms with Crippen LogP contribution >= 0.6 is 23.5 Å². The fraction of sp³-hybridized carbons (Fsp3) is 0.400. The molecule has 1 atom stereocenters. The first-order chi connectivity index (χ1) is 7.63. The van der Waals surface area contributed by atoms with E-state index in [1.165, 1.54) is 23.5 Å². The highest BCUT2D eigenvalue weighted by molar-refractivity contribution is 8.18. The number of nitriles is 1. The summed E-state index contributed by atoms with van der Waals surface area (Å²) in [6, 6.07) is 1.99. The number of allylic oxidation sites excluding steroid dienone is 1. The minimum Gasteiger partial charge on any atom is -0.271 e. The van der Waals surface area contributed by atoms with E-state index in [-0.39, 0.29) is 17.6 Å². The van der Waals surface area contributed by atoms with Crippen molar-refractivity contribution in [3.8, 4) is 6.07 Å². The highest BCUT2D eigenvalue weighted by Gasteiger charge is 2.36. The number of amidine groups is 1. The summed E-state index contributed by atoms with van der Waals surface area (Å²) in [5, 5.41) is 9.67. The fourth-order valence-electron chi connectivity index (χ4n) is 1.50. The van der Waals surface area contributed by atoms with Gasteiger partial charge in [0.1, 0.15) is 5.92 Å². The molecule has 0 radical (unpaired) electrons. The van der Waals surface area contributed by atoms with Gasteiger partial charge in [0.25, 0.3) is 5.91 Å².